The normalized spacial score (nSPS) is 10.2. The minimum atomic E-state index is -1.13. The summed E-state index contributed by atoms with van der Waals surface area (Å²) in [4.78, 5) is 21.6. The molecule has 2 aromatic rings. The number of amides is 1. The van der Waals surface area contributed by atoms with E-state index >= 15 is 0 Å². The molecule has 92 valence electrons. The van der Waals surface area contributed by atoms with E-state index in [0.717, 1.165) is 5.56 Å². The molecule has 7 nitrogen and oxygen atoms in total. The topological polar surface area (TPSA) is 111 Å². The highest BCUT2D eigenvalue weighted by Gasteiger charge is 2.08. The Bertz CT molecular complexity index is 606. The van der Waals surface area contributed by atoms with Crippen LogP contribution in [-0.2, 0) is 6.54 Å². The Morgan fingerprint density at radius 1 is 1.39 bits per heavy atom. The minimum absolute atomic E-state index is 0.124. The van der Waals surface area contributed by atoms with Crippen molar-refractivity contribution < 1.29 is 14.7 Å². The number of benzene rings is 1. The van der Waals surface area contributed by atoms with Gasteiger partial charge in [-0.2, -0.15) is 0 Å². The van der Waals surface area contributed by atoms with Crippen LogP contribution in [0.1, 0.15) is 26.4 Å². The van der Waals surface area contributed by atoms with Crippen LogP contribution in [0.5, 0.6) is 0 Å². The standard InChI is InChI=1S/C11H10N4O3/c12-10(16)8-3-1-2-7(4-8)5-15-6-9(11(17)18)13-14-15/h1-4,6H,5H2,(H2,12,16)(H,17,18). The summed E-state index contributed by atoms with van der Waals surface area (Å²) < 4.78 is 1.38. The van der Waals surface area contributed by atoms with Gasteiger partial charge in [0.05, 0.1) is 12.7 Å². The van der Waals surface area contributed by atoms with Crippen molar-refractivity contribution in [3.63, 3.8) is 0 Å². The Kier molecular flexibility index (Phi) is 3.05. The monoisotopic (exact) mass is 246 g/mol. The van der Waals surface area contributed by atoms with E-state index in [0.29, 0.717) is 12.1 Å². The largest absolute Gasteiger partial charge is 0.476 e. The molecule has 2 rings (SSSR count). The van der Waals surface area contributed by atoms with Crippen molar-refractivity contribution in [2.75, 3.05) is 0 Å². The molecule has 0 saturated heterocycles. The van der Waals surface area contributed by atoms with E-state index in [-0.39, 0.29) is 5.69 Å². The molecule has 3 N–H and O–H groups in total. The number of nitrogens with two attached hydrogens (primary N) is 1. The van der Waals surface area contributed by atoms with Crippen LogP contribution in [0.3, 0.4) is 0 Å². The van der Waals surface area contributed by atoms with E-state index < -0.39 is 11.9 Å². The molecule has 0 aliphatic heterocycles. The molecule has 0 aliphatic carbocycles. The highest BCUT2D eigenvalue weighted by molar-refractivity contribution is 5.92. The molecule has 0 atom stereocenters. The van der Waals surface area contributed by atoms with Gasteiger partial charge in [0.2, 0.25) is 5.91 Å². The van der Waals surface area contributed by atoms with Crippen molar-refractivity contribution in [2.24, 2.45) is 5.73 Å². The number of primary amides is 1. The van der Waals surface area contributed by atoms with Crippen LogP contribution in [0.4, 0.5) is 0 Å². The first-order chi connectivity index (χ1) is 8.56. The second-order valence-electron chi connectivity index (χ2n) is 3.67. The fourth-order valence-corrected chi connectivity index (χ4v) is 1.48. The third-order valence-electron chi connectivity index (χ3n) is 2.31. The Balaban J connectivity index is 2.20. The number of carbonyl (C=O) groups is 2. The van der Waals surface area contributed by atoms with Crippen molar-refractivity contribution in [1.29, 1.82) is 0 Å². The lowest BCUT2D eigenvalue weighted by molar-refractivity contribution is 0.0690. The third-order valence-corrected chi connectivity index (χ3v) is 2.31. The van der Waals surface area contributed by atoms with Gasteiger partial charge in [0, 0.05) is 5.56 Å². The summed E-state index contributed by atoms with van der Waals surface area (Å²) in [6.07, 6.45) is 1.32. The summed E-state index contributed by atoms with van der Waals surface area (Å²) in [6, 6.07) is 6.72. The molecule has 1 heterocycles. The lowest BCUT2D eigenvalue weighted by atomic mass is 10.1. The molecule has 0 fully saturated rings. The SMILES string of the molecule is NC(=O)c1cccc(Cn2cc(C(=O)O)nn2)c1. The fourth-order valence-electron chi connectivity index (χ4n) is 1.48. The molecule has 0 radical (unpaired) electrons. The van der Waals surface area contributed by atoms with Crippen molar-refractivity contribution in [3.8, 4) is 0 Å². The average Bonchev–Trinajstić information content (AvgIpc) is 2.78. The van der Waals surface area contributed by atoms with E-state index in [1.54, 1.807) is 24.3 Å². The predicted octanol–water partition coefficient (Wildman–Crippen LogP) is 0.123. The number of nitrogens with zero attached hydrogens (tertiary/aromatic N) is 3. The van der Waals surface area contributed by atoms with Gasteiger partial charge in [-0.25, -0.2) is 9.48 Å². The van der Waals surface area contributed by atoms with Gasteiger partial charge < -0.3 is 10.8 Å². The summed E-state index contributed by atoms with van der Waals surface area (Å²) in [5.41, 5.74) is 6.22. The van der Waals surface area contributed by atoms with Crippen LogP contribution in [0.15, 0.2) is 30.5 Å². The zero-order chi connectivity index (χ0) is 13.1. The zero-order valence-corrected chi connectivity index (χ0v) is 9.28. The Morgan fingerprint density at radius 3 is 2.78 bits per heavy atom. The smallest absolute Gasteiger partial charge is 0.358 e. The van der Waals surface area contributed by atoms with E-state index in [4.69, 9.17) is 10.8 Å². The number of hydrogen-bond acceptors (Lipinski definition) is 4. The molecule has 1 aromatic carbocycles. The molecule has 0 bridgehead atoms. The van der Waals surface area contributed by atoms with Gasteiger partial charge in [-0.1, -0.05) is 17.3 Å². The van der Waals surface area contributed by atoms with Crippen molar-refractivity contribution in [1.82, 2.24) is 15.0 Å². The Hall–Kier alpha value is -2.70. The van der Waals surface area contributed by atoms with E-state index in [2.05, 4.69) is 10.3 Å². The van der Waals surface area contributed by atoms with Gasteiger partial charge in [-0.05, 0) is 17.7 Å². The molecule has 7 heteroatoms. The molecule has 0 saturated carbocycles. The summed E-state index contributed by atoms with van der Waals surface area (Å²) in [7, 11) is 0. The fraction of sp³-hybridized carbons (Fsp3) is 0.0909. The first-order valence-corrected chi connectivity index (χ1v) is 5.08. The van der Waals surface area contributed by atoms with Crippen LogP contribution >= 0.6 is 0 Å². The van der Waals surface area contributed by atoms with Crippen molar-refractivity contribution in [2.45, 2.75) is 6.54 Å². The minimum Gasteiger partial charge on any atom is -0.476 e. The van der Waals surface area contributed by atoms with Gasteiger partial charge in [-0.3, -0.25) is 4.79 Å². The maximum absolute atomic E-state index is 11.0. The highest BCUT2D eigenvalue weighted by Crippen LogP contribution is 2.06. The highest BCUT2D eigenvalue weighted by atomic mass is 16.4. The molecule has 18 heavy (non-hydrogen) atoms. The van der Waals surface area contributed by atoms with E-state index in [9.17, 15) is 9.59 Å². The second-order valence-corrected chi connectivity index (χ2v) is 3.67. The Morgan fingerprint density at radius 2 is 2.17 bits per heavy atom. The van der Waals surface area contributed by atoms with Gasteiger partial charge in [0.25, 0.3) is 0 Å². The first-order valence-electron chi connectivity index (χ1n) is 5.08. The number of rotatable bonds is 4. The van der Waals surface area contributed by atoms with Gasteiger partial charge in [0.15, 0.2) is 5.69 Å². The maximum atomic E-state index is 11.0. The maximum Gasteiger partial charge on any atom is 0.358 e. The van der Waals surface area contributed by atoms with Crippen LogP contribution in [0.25, 0.3) is 0 Å². The van der Waals surface area contributed by atoms with Crippen molar-refractivity contribution in [3.05, 3.63) is 47.3 Å². The number of hydrogen-bond donors (Lipinski definition) is 2. The predicted molar refractivity (Wildman–Crippen MR) is 61.0 cm³/mol. The number of carboxylic acid groups (broad SMARTS) is 1. The molecular formula is C11H10N4O3. The van der Waals surface area contributed by atoms with E-state index in [1.165, 1.54) is 10.9 Å². The summed E-state index contributed by atoms with van der Waals surface area (Å²) in [6.45, 7) is 0.321. The Labute approximate surface area is 102 Å². The lowest BCUT2D eigenvalue weighted by Gasteiger charge is -2.02. The number of carbonyl (C=O) groups excluding carboxylic acids is 1. The first kappa shape index (κ1) is 11.8. The van der Waals surface area contributed by atoms with Crippen LogP contribution in [-0.4, -0.2) is 32.0 Å². The molecular weight excluding hydrogens is 236 g/mol. The number of aromatic carboxylic acids is 1. The molecule has 1 aromatic heterocycles. The lowest BCUT2D eigenvalue weighted by Crippen LogP contribution is -2.11. The molecule has 1 amide bonds. The average molecular weight is 246 g/mol. The van der Waals surface area contributed by atoms with E-state index in [1.807, 2.05) is 0 Å². The third kappa shape index (κ3) is 2.51. The zero-order valence-electron chi connectivity index (χ0n) is 9.28. The quantitative estimate of drug-likeness (QED) is 0.796. The van der Waals surface area contributed by atoms with Crippen molar-refractivity contribution >= 4 is 11.9 Å². The van der Waals surface area contributed by atoms with Crippen LogP contribution in [0.2, 0.25) is 0 Å². The van der Waals surface area contributed by atoms with Gasteiger partial charge in [0.1, 0.15) is 0 Å². The van der Waals surface area contributed by atoms with Crippen LogP contribution in [0, 0.1) is 0 Å². The number of carboxylic acids is 1. The number of aromatic nitrogens is 3. The molecule has 0 aliphatic rings. The van der Waals surface area contributed by atoms with Crippen LogP contribution < -0.4 is 5.73 Å². The summed E-state index contributed by atoms with van der Waals surface area (Å²) in [5.74, 6) is -1.64. The molecule has 0 unspecified atom stereocenters. The summed E-state index contributed by atoms with van der Waals surface area (Å²) >= 11 is 0. The second kappa shape index (κ2) is 4.66. The van der Waals surface area contributed by atoms with Gasteiger partial charge >= 0.3 is 5.97 Å². The molecule has 0 spiro atoms. The van der Waals surface area contributed by atoms with Gasteiger partial charge in [-0.15, -0.1) is 5.10 Å². The summed E-state index contributed by atoms with van der Waals surface area (Å²) in [5, 5.41) is 15.9.